The van der Waals surface area contributed by atoms with Crippen molar-refractivity contribution in [2.45, 2.75) is 19.4 Å². The van der Waals surface area contributed by atoms with Gasteiger partial charge in [0.25, 0.3) is 0 Å². The quantitative estimate of drug-likeness (QED) is 0.202. The Morgan fingerprint density at radius 3 is 1.67 bits per heavy atom. The van der Waals surface area contributed by atoms with Crippen LogP contribution >= 0.6 is 0 Å². The van der Waals surface area contributed by atoms with Crippen molar-refractivity contribution in [3.05, 3.63) is 12.7 Å². The average Bonchev–Trinajstić information content (AvgIpc) is 1.64. The second kappa shape index (κ2) is 2.07. The zero-order valence-electron chi connectivity index (χ0n) is 5.96. The van der Waals surface area contributed by atoms with E-state index in [1.807, 2.05) is 0 Å². The van der Waals surface area contributed by atoms with Crippen molar-refractivity contribution < 1.29 is 4.81 Å². The molecule has 4 nitrogen and oxygen atoms in total. The van der Waals surface area contributed by atoms with Crippen LogP contribution in [-0.2, 0) is 0 Å². The van der Waals surface area contributed by atoms with Crippen LogP contribution in [-0.4, -0.2) is 10.3 Å². The highest BCUT2D eigenvalue weighted by Gasteiger charge is 2.33. The third-order valence-corrected chi connectivity index (χ3v) is 1.50. The fourth-order valence-electron chi connectivity index (χ4n) is 0.158. The predicted octanol–water partition coefficient (Wildman–Crippen LogP) is -0.611. The summed E-state index contributed by atoms with van der Waals surface area (Å²) in [6, 6.07) is 0. The SMILES string of the molecule is C=CC(C)(C)[N+](N)(N)N. The summed E-state index contributed by atoms with van der Waals surface area (Å²) in [6.45, 7) is 7.15. The molecular weight excluding hydrogens is 116 g/mol. The number of nitrogens with two attached hydrogens (primary N) is 3. The van der Waals surface area contributed by atoms with Gasteiger partial charge >= 0.3 is 0 Å². The lowest BCUT2D eigenvalue weighted by molar-refractivity contribution is -0.999. The van der Waals surface area contributed by atoms with Gasteiger partial charge < -0.3 is 0 Å². The molecule has 9 heavy (non-hydrogen) atoms. The molecule has 4 heteroatoms. The van der Waals surface area contributed by atoms with E-state index >= 15 is 0 Å². The Morgan fingerprint density at radius 1 is 1.33 bits per heavy atom. The summed E-state index contributed by atoms with van der Waals surface area (Å²) in [4.78, 5) is -0.573. The van der Waals surface area contributed by atoms with E-state index in [0.29, 0.717) is 0 Å². The second-order valence-corrected chi connectivity index (χ2v) is 2.69. The van der Waals surface area contributed by atoms with Crippen LogP contribution in [0.15, 0.2) is 12.7 Å². The van der Waals surface area contributed by atoms with E-state index in [1.165, 1.54) is 0 Å². The summed E-state index contributed by atoms with van der Waals surface area (Å²) in [6.07, 6.45) is 1.62. The maximum Gasteiger partial charge on any atom is 0.166 e. The molecular formula is C5H15N4+. The number of rotatable bonds is 2. The topological polar surface area (TPSA) is 78.1 Å². The number of nitrogens with zero attached hydrogens (tertiary/aromatic N) is 1. The summed E-state index contributed by atoms with van der Waals surface area (Å²) >= 11 is 0. The van der Waals surface area contributed by atoms with Crippen molar-refractivity contribution >= 4 is 0 Å². The second-order valence-electron chi connectivity index (χ2n) is 2.69. The van der Waals surface area contributed by atoms with Crippen LogP contribution in [0.2, 0.25) is 0 Å². The van der Waals surface area contributed by atoms with Gasteiger partial charge in [-0.25, -0.2) is 0 Å². The van der Waals surface area contributed by atoms with Crippen molar-refractivity contribution in [1.29, 1.82) is 0 Å². The Balaban J connectivity index is 4.32. The first-order valence-corrected chi connectivity index (χ1v) is 2.70. The zero-order chi connectivity index (χ0) is 7.71. The van der Waals surface area contributed by atoms with Gasteiger partial charge in [-0.3, -0.25) is 0 Å². The third-order valence-electron chi connectivity index (χ3n) is 1.50. The van der Waals surface area contributed by atoms with Crippen molar-refractivity contribution in [2.24, 2.45) is 17.5 Å². The van der Waals surface area contributed by atoms with Crippen LogP contribution < -0.4 is 17.5 Å². The number of hydrogen-bond acceptors (Lipinski definition) is 3. The van der Waals surface area contributed by atoms with Gasteiger partial charge in [0, 0.05) is 0 Å². The first-order chi connectivity index (χ1) is 3.81. The monoisotopic (exact) mass is 131 g/mol. The van der Waals surface area contributed by atoms with Gasteiger partial charge in [-0.15, -0.1) is 17.5 Å². The van der Waals surface area contributed by atoms with Crippen LogP contribution in [0.3, 0.4) is 0 Å². The molecule has 0 aromatic carbocycles. The van der Waals surface area contributed by atoms with E-state index in [0.717, 1.165) is 0 Å². The summed E-state index contributed by atoms with van der Waals surface area (Å²) in [5.74, 6) is 16.0. The first-order valence-electron chi connectivity index (χ1n) is 2.70. The smallest absolute Gasteiger partial charge is 0.141 e. The van der Waals surface area contributed by atoms with Gasteiger partial charge in [-0.2, -0.15) is 0 Å². The largest absolute Gasteiger partial charge is 0.166 e. The van der Waals surface area contributed by atoms with Crippen molar-refractivity contribution in [2.75, 3.05) is 0 Å². The molecule has 0 fully saturated rings. The standard InChI is InChI=1S/C5H15N4/c1-4-5(2,3)9(6,7)8/h4H,1,6-8H2,2-3H3/q+1. The van der Waals surface area contributed by atoms with E-state index in [2.05, 4.69) is 6.58 Å². The van der Waals surface area contributed by atoms with Gasteiger partial charge in [-0.05, 0) is 19.9 Å². The predicted molar refractivity (Wildman–Crippen MR) is 37.1 cm³/mol. The van der Waals surface area contributed by atoms with E-state index in [9.17, 15) is 0 Å². The van der Waals surface area contributed by atoms with Gasteiger partial charge in [0.2, 0.25) is 0 Å². The lowest BCUT2D eigenvalue weighted by atomic mass is 10.1. The number of hydrogen-bond donors (Lipinski definition) is 3. The molecule has 0 atom stereocenters. The maximum absolute atomic E-state index is 5.35. The molecule has 0 amide bonds. The van der Waals surface area contributed by atoms with Crippen molar-refractivity contribution in [1.82, 2.24) is 0 Å². The third kappa shape index (κ3) is 1.76. The Bertz CT molecular complexity index is 111. The summed E-state index contributed by atoms with van der Waals surface area (Å²) in [7, 11) is 0. The normalized spacial score (nSPS) is 13.4. The molecule has 0 rings (SSSR count). The molecule has 0 saturated carbocycles. The Morgan fingerprint density at radius 2 is 1.67 bits per heavy atom. The summed E-state index contributed by atoms with van der Waals surface area (Å²) in [5, 5.41) is 0. The maximum atomic E-state index is 5.35. The van der Waals surface area contributed by atoms with Gasteiger partial charge in [0.15, 0.2) is 5.54 Å². The minimum Gasteiger partial charge on any atom is -0.141 e. The van der Waals surface area contributed by atoms with Crippen molar-refractivity contribution in [3.63, 3.8) is 0 Å². The Labute approximate surface area is 55.4 Å². The van der Waals surface area contributed by atoms with Crippen LogP contribution in [0.25, 0.3) is 0 Å². The molecule has 0 bridgehead atoms. The molecule has 0 spiro atoms. The molecule has 0 aromatic heterocycles. The van der Waals surface area contributed by atoms with Gasteiger partial charge in [0.1, 0.15) is 0 Å². The lowest BCUT2D eigenvalue weighted by Crippen LogP contribution is -2.75. The van der Waals surface area contributed by atoms with Crippen LogP contribution in [0.4, 0.5) is 0 Å². The van der Waals surface area contributed by atoms with Crippen LogP contribution in [0.5, 0.6) is 0 Å². The van der Waals surface area contributed by atoms with E-state index in [-0.39, 0.29) is 0 Å². The molecule has 0 aliphatic carbocycles. The lowest BCUT2D eigenvalue weighted by Gasteiger charge is -2.33. The fraction of sp³-hybridized carbons (Fsp3) is 0.600. The van der Waals surface area contributed by atoms with Gasteiger partial charge in [-0.1, -0.05) is 11.4 Å². The Hall–Kier alpha value is -0.420. The highest BCUT2D eigenvalue weighted by molar-refractivity contribution is 4.88. The first kappa shape index (κ1) is 8.58. The van der Waals surface area contributed by atoms with E-state index in [1.54, 1.807) is 19.9 Å². The molecule has 6 N–H and O–H groups in total. The summed E-state index contributed by atoms with van der Waals surface area (Å²) in [5.41, 5.74) is -0.486. The van der Waals surface area contributed by atoms with Crippen molar-refractivity contribution in [3.8, 4) is 0 Å². The average molecular weight is 131 g/mol. The Kier molecular flexibility index (Phi) is 1.98. The molecule has 0 radical (unpaired) electrons. The molecule has 0 unspecified atom stereocenters. The molecule has 0 aliphatic heterocycles. The fourth-order valence-corrected chi connectivity index (χ4v) is 0.158. The molecule has 0 saturated heterocycles. The highest BCUT2D eigenvalue weighted by Crippen LogP contribution is 2.10. The van der Waals surface area contributed by atoms with Crippen LogP contribution in [0.1, 0.15) is 13.8 Å². The minimum atomic E-state index is -0.573. The highest BCUT2D eigenvalue weighted by atomic mass is 15.9. The van der Waals surface area contributed by atoms with E-state index < -0.39 is 10.3 Å². The molecule has 54 valence electrons. The van der Waals surface area contributed by atoms with E-state index in [4.69, 9.17) is 17.5 Å². The van der Waals surface area contributed by atoms with Gasteiger partial charge in [0.05, 0.1) is 0 Å². The minimum absolute atomic E-state index is 0.486. The molecule has 0 heterocycles. The molecule has 0 aromatic rings. The number of quaternary nitrogens is 1. The molecule has 0 aliphatic rings. The van der Waals surface area contributed by atoms with Crippen LogP contribution in [0, 0.1) is 0 Å². The zero-order valence-corrected chi connectivity index (χ0v) is 5.96. The summed E-state index contributed by atoms with van der Waals surface area (Å²) < 4.78 is 0.